The molecule has 0 bridgehead atoms. The molecule has 0 saturated heterocycles. The van der Waals surface area contributed by atoms with Crippen molar-refractivity contribution in [1.82, 2.24) is 5.16 Å². The molecule has 5 nitrogen and oxygen atoms in total. The number of carboxylic acid groups (broad SMARTS) is 1. The molecule has 0 amide bonds. The minimum Gasteiger partial charge on any atom is -0.496 e. The van der Waals surface area contributed by atoms with Crippen LogP contribution < -0.4 is 4.74 Å². The molecule has 5 heteroatoms. The summed E-state index contributed by atoms with van der Waals surface area (Å²) in [5.41, 5.74) is 2.60. The Kier molecular flexibility index (Phi) is 3.06. The number of benzene rings is 1. The average molecular weight is 247 g/mol. The molecule has 1 aromatic heterocycles. The lowest BCUT2D eigenvalue weighted by Crippen LogP contribution is -1.94. The minimum absolute atomic E-state index is 0.0992. The maximum Gasteiger partial charge on any atom is 0.358 e. The summed E-state index contributed by atoms with van der Waals surface area (Å²) in [6.45, 7) is 3.82. The molecule has 0 aliphatic heterocycles. The van der Waals surface area contributed by atoms with Crippen LogP contribution in [-0.4, -0.2) is 23.3 Å². The first-order valence-electron chi connectivity index (χ1n) is 5.38. The number of nitrogens with zero attached hydrogens (tertiary/aromatic N) is 1. The van der Waals surface area contributed by atoms with Gasteiger partial charge in [0.05, 0.1) is 7.11 Å². The highest BCUT2D eigenvalue weighted by atomic mass is 16.5. The molecule has 0 aliphatic rings. The molecule has 94 valence electrons. The first-order chi connectivity index (χ1) is 8.52. The van der Waals surface area contributed by atoms with Crippen LogP contribution in [-0.2, 0) is 0 Å². The summed E-state index contributed by atoms with van der Waals surface area (Å²) in [4.78, 5) is 10.8. The molecule has 2 rings (SSSR count). The third-order valence-corrected chi connectivity index (χ3v) is 2.74. The van der Waals surface area contributed by atoms with E-state index in [1.807, 2.05) is 26.0 Å². The van der Waals surface area contributed by atoms with E-state index >= 15 is 0 Å². The number of rotatable bonds is 3. The topological polar surface area (TPSA) is 72.6 Å². The van der Waals surface area contributed by atoms with Crippen LogP contribution in [0.2, 0.25) is 0 Å². The van der Waals surface area contributed by atoms with Gasteiger partial charge in [0.15, 0.2) is 11.5 Å². The highest BCUT2D eigenvalue weighted by Gasteiger charge is 2.15. The number of aromatic carboxylic acids is 1. The summed E-state index contributed by atoms with van der Waals surface area (Å²) in [6.07, 6.45) is 0. The number of hydrogen-bond acceptors (Lipinski definition) is 4. The van der Waals surface area contributed by atoms with Crippen LogP contribution in [0.25, 0.3) is 11.3 Å². The van der Waals surface area contributed by atoms with Gasteiger partial charge in [-0.3, -0.25) is 0 Å². The van der Waals surface area contributed by atoms with Crippen molar-refractivity contribution in [2.75, 3.05) is 7.11 Å². The molecule has 0 atom stereocenters. The van der Waals surface area contributed by atoms with Crippen molar-refractivity contribution >= 4 is 5.97 Å². The third kappa shape index (κ3) is 2.07. The van der Waals surface area contributed by atoms with Crippen LogP contribution in [0.3, 0.4) is 0 Å². The predicted octanol–water partition coefficient (Wildman–Crippen LogP) is 2.67. The van der Waals surface area contributed by atoms with Crippen LogP contribution in [0.4, 0.5) is 0 Å². The summed E-state index contributed by atoms with van der Waals surface area (Å²) < 4.78 is 10.3. The fourth-order valence-corrected chi connectivity index (χ4v) is 1.78. The van der Waals surface area contributed by atoms with Gasteiger partial charge in [0.25, 0.3) is 0 Å². The average Bonchev–Trinajstić information content (AvgIpc) is 2.81. The summed E-state index contributed by atoms with van der Waals surface area (Å²) in [6, 6.07) is 5.19. The Balaban J connectivity index is 2.50. The number of ether oxygens (including phenoxy) is 1. The summed E-state index contributed by atoms with van der Waals surface area (Å²) in [5, 5.41) is 12.3. The predicted molar refractivity (Wildman–Crippen MR) is 64.9 cm³/mol. The highest BCUT2D eigenvalue weighted by molar-refractivity contribution is 5.86. The first kappa shape index (κ1) is 12.2. The lowest BCUT2D eigenvalue weighted by atomic mass is 10.0. The van der Waals surface area contributed by atoms with Gasteiger partial charge in [-0.05, 0) is 37.1 Å². The molecule has 2 aromatic rings. The van der Waals surface area contributed by atoms with Gasteiger partial charge >= 0.3 is 5.97 Å². The van der Waals surface area contributed by atoms with E-state index in [1.54, 1.807) is 7.11 Å². The van der Waals surface area contributed by atoms with Crippen LogP contribution in [0.5, 0.6) is 5.75 Å². The first-order valence-corrected chi connectivity index (χ1v) is 5.38. The van der Waals surface area contributed by atoms with E-state index in [9.17, 15) is 4.79 Å². The van der Waals surface area contributed by atoms with Gasteiger partial charge in [0.2, 0.25) is 0 Å². The van der Waals surface area contributed by atoms with E-state index in [2.05, 4.69) is 5.16 Å². The van der Waals surface area contributed by atoms with Crippen LogP contribution >= 0.6 is 0 Å². The zero-order chi connectivity index (χ0) is 13.3. The fourth-order valence-electron chi connectivity index (χ4n) is 1.78. The Hall–Kier alpha value is -2.30. The van der Waals surface area contributed by atoms with Gasteiger partial charge in [-0.25, -0.2) is 4.79 Å². The van der Waals surface area contributed by atoms with Gasteiger partial charge in [-0.1, -0.05) is 5.16 Å². The quantitative estimate of drug-likeness (QED) is 0.902. The zero-order valence-electron chi connectivity index (χ0n) is 10.4. The minimum atomic E-state index is -1.10. The molecule has 0 radical (unpaired) electrons. The number of aromatic nitrogens is 1. The van der Waals surface area contributed by atoms with E-state index in [1.165, 1.54) is 6.07 Å². The second kappa shape index (κ2) is 4.52. The molecular weight excluding hydrogens is 234 g/mol. The van der Waals surface area contributed by atoms with Gasteiger partial charge in [0.1, 0.15) is 5.75 Å². The summed E-state index contributed by atoms with van der Waals surface area (Å²) in [7, 11) is 1.61. The van der Waals surface area contributed by atoms with Crippen LogP contribution in [0, 0.1) is 13.8 Å². The monoisotopic (exact) mass is 247 g/mol. The molecule has 0 unspecified atom stereocenters. The number of aryl methyl sites for hydroxylation is 2. The highest BCUT2D eigenvalue weighted by Crippen LogP contribution is 2.30. The smallest absolute Gasteiger partial charge is 0.358 e. The molecule has 0 saturated carbocycles. The van der Waals surface area contributed by atoms with E-state index < -0.39 is 5.97 Å². The largest absolute Gasteiger partial charge is 0.496 e. The van der Waals surface area contributed by atoms with Crippen molar-refractivity contribution in [3.63, 3.8) is 0 Å². The zero-order valence-corrected chi connectivity index (χ0v) is 10.4. The second-order valence-electron chi connectivity index (χ2n) is 4.02. The lowest BCUT2D eigenvalue weighted by Gasteiger charge is -2.08. The van der Waals surface area contributed by atoms with Crippen molar-refractivity contribution in [3.8, 4) is 17.1 Å². The molecule has 0 spiro atoms. The summed E-state index contributed by atoms with van der Waals surface area (Å²) in [5.74, 6) is 0.123. The Labute approximate surface area is 104 Å². The molecule has 0 fully saturated rings. The van der Waals surface area contributed by atoms with Crippen molar-refractivity contribution < 1.29 is 19.2 Å². The SMILES string of the molecule is COc1cc(C)c(-c2cc(C(=O)O)no2)cc1C. The standard InChI is InChI=1S/C13H13NO4/c1-7-5-11(17-3)8(2)4-9(7)12-6-10(13(15)16)14-18-12/h4-6H,1-3H3,(H,15,16). The van der Waals surface area contributed by atoms with Crippen molar-refractivity contribution in [2.24, 2.45) is 0 Å². The maximum atomic E-state index is 10.8. The van der Waals surface area contributed by atoms with Crippen LogP contribution in [0.1, 0.15) is 21.6 Å². The van der Waals surface area contributed by atoms with Gasteiger partial charge in [-0.15, -0.1) is 0 Å². The third-order valence-electron chi connectivity index (χ3n) is 2.74. The Bertz CT molecular complexity index is 601. The molecule has 1 aromatic carbocycles. The second-order valence-corrected chi connectivity index (χ2v) is 4.02. The van der Waals surface area contributed by atoms with E-state index in [0.717, 1.165) is 22.4 Å². The van der Waals surface area contributed by atoms with Crippen molar-refractivity contribution in [2.45, 2.75) is 13.8 Å². The summed E-state index contributed by atoms with van der Waals surface area (Å²) >= 11 is 0. The lowest BCUT2D eigenvalue weighted by molar-refractivity contribution is 0.0686. The Morgan fingerprint density at radius 3 is 2.56 bits per heavy atom. The Morgan fingerprint density at radius 2 is 2.00 bits per heavy atom. The van der Waals surface area contributed by atoms with E-state index in [0.29, 0.717) is 5.76 Å². The molecule has 1 N–H and O–H groups in total. The van der Waals surface area contributed by atoms with E-state index in [-0.39, 0.29) is 5.69 Å². The van der Waals surface area contributed by atoms with Gasteiger partial charge in [-0.2, -0.15) is 0 Å². The Morgan fingerprint density at radius 1 is 1.28 bits per heavy atom. The number of methoxy groups -OCH3 is 1. The number of carbonyl (C=O) groups is 1. The van der Waals surface area contributed by atoms with Crippen LogP contribution in [0.15, 0.2) is 22.7 Å². The molecule has 1 heterocycles. The molecular formula is C13H13NO4. The number of hydrogen-bond donors (Lipinski definition) is 1. The van der Waals surface area contributed by atoms with Crippen molar-refractivity contribution in [1.29, 1.82) is 0 Å². The number of carboxylic acids is 1. The van der Waals surface area contributed by atoms with Gasteiger partial charge < -0.3 is 14.4 Å². The van der Waals surface area contributed by atoms with Gasteiger partial charge in [0, 0.05) is 11.6 Å². The van der Waals surface area contributed by atoms with E-state index in [4.69, 9.17) is 14.4 Å². The molecule has 18 heavy (non-hydrogen) atoms. The van der Waals surface area contributed by atoms with Crippen molar-refractivity contribution in [3.05, 3.63) is 35.0 Å². The fraction of sp³-hybridized carbons (Fsp3) is 0.231. The maximum absolute atomic E-state index is 10.8. The normalized spacial score (nSPS) is 10.4. The molecule has 0 aliphatic carbocycles.